The van der Waals surface area contributed by atoms with Crippen LogP contribution >= 0.6 is 23.4 Å². The Morgan fingerprint density at radius 1 is 1.00 bits per heavy atom. The number of hydrogen-bond donors (Lipinski definition) is 3. The Labute approximate surface area is 331 Å². The summed E-state index contributed by atoms with van der Waals surface area (Å²) in [5.74, 6) is 0.424. The topological polar surface area (TPSA) is 173 Å². The van der Waals surface area contributed by atoms with Crippen LogP contribution in [0.5, 0.6) is 0 Å². The second kappa shape index (κ2) is 15.9. The fourth-order valence-electron chi connectivity index (χ4n) is 7.44. The number of halogens is 1. The first-order valence-corrected chi connectivity index (χ1v) is 20.0. The number of imidazole rings is 1. The number of amides is 3. The molecule has 3 aromatic heterocycles. The molecule has 17 heteroatoms. The van der Waals surface area contributed by atoms with Crippen molar-refractivity contribution in [3.05, 3.63) is 40.6 Å². The third kappa shape index (κ3) is 9.41. The van der Waals surface area contributed by atoms with Crippen molar-refractivity contribution in [1.29, 1.82) is 0 Å². The highest BCUT2D eigenvalue weighted by molar-refractivity contribution is 7.99. The van der Waals surface area contributed by atoms with E-state index in [4.69, 9.17) is 35.8 Å². The standard InChI is InChI=1S/C38H53ClN8O7S/c1-22-32(43-26(20-48)30(40-22)45-17-12-38(13-18-45)21-52-23(2)29(38)44-35(51)54-37(6,7)8)55-27-11-16-47-19-25(42-31(47)28(27)39)33(49)46-14-9-24(10-15-46)41-34(50)53-36(3,4)5/h11,16,19,23-24,29,48H,9-10,12-15,17-18,20-21H2,1-8H3,(H,41,50)(H,44,51)/t23-,29+/m0/s1. The minimum atomic E-state index is -0.600. The lowest BCUT2D eigenvalue weighted by molar-refractivity contribution is 0.0430. The van der Waals surface area contributed by atoms with E-state index in [1.807, 2.05) is 61.5 Å². The molecule has 6 heterocycles. The Bertz CT molecular complexity index is 1910. The van der Waals surface area contributed by atoms with Gasteiger partial charge in [-0.15, -0.1) is 0 Å². The minimum Gasteiger partial charge on any atom is -0.444 e. The van der Waals surface area contributed by atoms with Gasteiger partial charge in [-0.05, 0) is 87.1 Å². The zero-order valence-corrected chi connectivity index (χ0v) is 34.5. The number of alkyl carbamates (subject to hydrolysis) is 2. The van der Waals surface area contributed by atoms with E-state index in [0.29, 0.717) is 83.4 Å². The second-order valence-corrected chi connectivity index (χ2v) is 18.1. The summed E-state index contributed by atoms with van der Waals surface area (Å²) in [4.78, 5) is 57.3. The van der Waals surface area contributed by atoms with Crippen molar-refractivity contribution in [2.75, 3.05) is 37.7 Å². The molecule has 3 amide bonds. The Morgan fingerprint density at radius 3 is 2.25 bits per heavy atom. The van der Waals surface area contributed by atoms with Gasteiger partial charge in [0.05, 0.1) is 36.1 Å². The highest BCUT2D eigenvalue weighted by Gasteiger charge is 2.51. The van der Waals surface area contributed by atoms with E-state index in [1.165, 1.54) is 11.8 Å². The smallest absolute Gasteiger partial charge is 0.407 e. The van der Waals surface area contributed by atoms with Gasteiger partial charge in [0.25, 0.3) is 5.91 Å². The number of aromatic nitrogens is 4. The van der Waals surface area contributed by atoms with E-state index in [1.54, 1.807) is 21.7 Å². The van der Waals surface area contributed by atoms with Gasteiger partial charge in [-0.3, -0.25) is 4.79 Å². The number of ether oxygens (including phenoxy) is 3. The molecule has 2 atom stereocenters. The number of nitrogens with zero attached hydrogens (tertiary/aromatic N) is 6. The third-order valence-electron chi connectivity index (χ3n) is 10.2. The lowest BCUT2D eigenvalue weighted by atomic mass is 9.73. The molecule has 0 saturated carbocycles. The predicted octanol–water partition coefficient (Wildman–Crippen LogP) is 5.76. The maximum atomic E-state index is 13.5. The fourth-order valence-corrected chi connectivity index (χ4v) is 8.62. The van der Waals surface area contributed by atoms with Gasteiger partial charge < -0.3 is 44.2 Å². The first kappa shape index (κ1) is 40.8. The summed E-state index contributed by atoms with van der Waals surface area (Å²) in [6, 6.07) is 1.58. The van der Waals surface area contributed by atoms with Gasteiger partial charge in [0.1, 0.15) is 27.6 Å². The molecule has 6 rings (SSSR count). The number of likely N-dealkylation sites (tertiary alicyclic amines) is 1. The number of fused-ring (bicyclic) bond motifs is 1. The lowest BCUT2D eigenvalue weighted by Crippen LogP contribution is -2.55. The summed E-state index contributed by atoms with van der Waals surface area (Å²) >= 11 is 8.22. The Morgan fingerprint density at radius 2 is 1.64 bits per heavy atom. The average Bonchev–Trinajstić information content (AvgIpc) is 3.67. The molecule has 3 aliphatic rings. The lowest BCUT2D eigenvalue weighted by Gasteiger charge is -2.43. The molecule has 0 radical (unpaired) electrons. The number of aliphatic hydroxyl groups excluding tert-OH is 1. The van der Waals surface area contributed by atoms with Crippen LogP contribution in [-0.2, 0) is 20.8 Å². The molecule has 3 fully saturated rings. The molecule has 0 aliphatic carbocycles. The third-order valence-corrected chi connectivity index (χ3v) is 11.8. The largest absolute Gasteiger partial charge is 0.444 e. The van der Waals surface area contributed by atoms with Crippen molar-refractivity contribution < 1.29 is 33.7 Å². The molecule has 3 saturated heterocycles. The zero-order chi connectivity index (χ0) is 39.9. The molecule has 15 nitrogen and oxygen atoms in total. The molecule has 0 bridgehead atoms. The van der Waals surface area contributed by atoms with Crippen molar-refractivity contribution in [2.24, 2.45) is 5.41 Å². The van der Waals surface area contributed by atoms with Crippen LogP contribution in [0.4, 0.5) is 15.4 Å². The van der Waals surface area contributed by atoms with E-state index < -0.39 is 23.4 Å². The van der Waals surface area contributed by atoms with Gasteiger partial charge in [-0.2, -0.15) is 0 Å². The second-order valence-electron chi connectivity index (χ2n) is 16.7. The molecular weight excluding hydrogens is 748 g/mol. The SMILES string of the molecule is Cc1nc(N2CCC3(CC2)CO[C@@H](C)[C@H]3NC(=O)OC(C)(C)C)c(CO)nc1Sc1ccn2cc(C(=O)N3CCC(NC(=O)OC(C)(C)C)CC3)nc2c1Cl. The summed E-state index contributed by atoms with van der Waals surface area (Å²) in [7, 11) is 0. The first-order chi connectivity index (χ1) is 25.8. The fraction of sp³-hybridized carbons (Fsp3) is 0.632. The van der Waals surface area contributed by atoms with Crippen molar-refractivity contribution in [3.8, 4) is 0 Å². The van der Waals surface area contributed by atoms with E-state index in [2.05, 4.69) is 20.5 Å². The van der Waals surface area contributed by atoms with E-state index >= 15 is 0 Å². The number of carbonyl (C=O) groups excluding carboxylic acids is 3. The van der Waals surface area contributed by atoms with Crippen LogP contribution in [0.2, 0.25) is 5.02 Å². The van der Waals surface area contributed by atoms with Gasteiger partial charge in [0.15, 0.2) is 11.5 Å². The van der Waals surface area contributed by atoms with Crippen LogP contribution in [0.3, 0.4) is 0 Å². The van der Waals surface area contributed by atoms with Crippen LogP contribution < -0.4 is 15.5 Å². The van der Waals surface area contributed by atoms with Gasteiger partial charge in [-0.25, -0.2) is 24.5 Å². The van der Waals surface area contributed by atoms with Crippen molar-refractivity contribution in [2.45, 2.75) is 127 Å². The molecule has 300 valence electrons. The molecule has 3 aromatic rings. The number of rotatable bonds is 7. The van der Waals surface area contributed by atoms with Crippen molar-refractivity contribution in [1.82, 2.24) is 34.9 Å². The monoisotopic (exact) mass is 800 g/mol. The molecule has 3 aliphatic heterocycles. The number of nitrogens with one attached hydrogen (secondary N) is 2. The number of anilines is 1. The summed E-state index contributed by atoms with van der Waals surface area (Å²) in [6.07, 6.45) is 5.15. The number of aryl methyl sites for hydroxylation is 1. The number of hydrogen-bond acceptors (Lipinski definition) is 12. The van der Waals surface area contributed by atoms with Crippen molar-refractivity contribution in [3.63, 3.8) is 0 Å². The minimum absolute atomic E-state index is 0.0774. The zero-order valence-electron chi connectivity index (χ0n) is 32.9. The van der Waals surface area contributed by atoms with Crippen molar-refractivity contribution >= 4 is 52.9 Å². The van der Waals surface area contributed by atoms with Gasteiger partial charge in [-0.1, -0.05) is 23.4 Å². The summed E-state index contributed by atoms with van der Waals surface area (Å²) in [5, 5.41) is 17.4. The Balaban J connectivity index is 1.10. The summed E-state index contributed by atoms with van der Waals surface area (Å²) in [6.45, 7) is 17.3. The van der Waals surface area contributed by atoms with E-state index in [-0.39, 0.29) is 41.8 Å². The highest BCUT2D eigenvalue weighted by Crippen LogP contribution is 2.44. The molecular formula is C38H53ClN8O7S. The Kier molecular flexibility index (Phi) is 11.8. The number of pyridine rings is 1. The predicted molar refractivity (Wildman–Crippen MR) is 208 cm³/mol. The van der Waals surface area contributed by atoms with E-state index in [0.717, 1.165) is 12.8 Å². The number of carbonyl (C=O) groups is 3. The van der Waals surface area contributed by atoms with Gasteiger partial charge in [0.2, 0.25) is 0 Å². The molecule has 0 aromatic carbocycles. The molecule has 3 N–H and O–H groups in total. The summed E-state index contributed by atoms with van der Waals surface area (Å²) in [5.41, 5.74) is 0.430. The van der Waals surface area contributed by atoms with Crippen LogP contribution in [-0.4, -0.2) is 110 Å². The number of aliphatic hydroxyl groups is 1. The first-order valence-electron chi connectivity index (χ1n) is 18.8. The van der Waals surface area contributed by atoms with Gasteiger partial charge >= 0.3 is 12.2 Å². The molecule has 55 heavy (non-hydrogen) atoms. The van der Waals surface area contributed by atoms with E-state index in [9.17, 15) is 19.5 Å². The van der Waals surface area contributed by atoms with Crippen LogP contribution in [0.25, 0.3) is 5.65 Å². The number of piperidine rings is 2. The van der Waals surface area contributed by atoms with Gasteiger partial charge in [0, 0.05) is 54.9 Å². The maximum absolute atomic E-state index is 13.5. The molecule has 1 spiro atoms. The summed E-state index contributed by atoms with van der Waals surface area (Å²) < 4.78 is 18.7. The van der Waals surface area contributed by atoms with Crippen LogP contribution in [0.1, 0.15) is 96.0 Å². The Hall–Kier alpha value is -3.86. The average molecular weight is 801 g/mol. The van der Waals surface area contributed by atoms with Crippen LogP contribution in [0.15, 0.2) is 28.4 Å². The van der Waals surface area contributed by atoms with Crippen LogP contribution in [0, 0.1) is 12.3 Å². The highest BCUT2D eigenvalue weighted by atomic mass is 35.5. The molecule has 0 unspecified atom stereocenters. The quantitative estimate of drug-likeness (QED) is 0.264. The maximum Gasteiger partial charge on any atom is 0.407 e. The normalized spacial score (nSPS) is 20.5.